The van der Waals surface area contributed by atoms with Gasteiger partial charge in [-0.15, -0.1) is 0 Å². The molecule has 0 heterocycles. The molecular weight excluding hydrogens is 1400 g/mol. The van der Waals surface area contributed by atoms with Crippen LogP contribution in [-0.2, 0) is 65.4 Å². The van der Waals surface area contributed by atoms with Crippen molar-refractivity contribution >= 4 is 39.5 Å². The van der Waals surface area contributed by atoms with Gasteiger partial charge in [-0.1, -0.05) is 281 Å². The highest BCUT2D eigenvalue weighted by molar-refractivity contribution is 7.47. The molecular formula is C89H146O17P2. The van der Waals surface area contributed by atoms with Crippen molar-refractivity contribution in [2.24, 2.45) is 0 Å². The third kappa shape index (κ3) is 78.5. The van der Waals surface area contributed by atoms with Crippen LogP contribution >= 0.6 is 15.6 Å². The predicted octanol–water partition coefficient (Wildman–Crippen LogP) is 24.6. The third-order valence-electron chi connectivity index (χ3n) is 16.7. The Bertz CT molecular complexity index is 2710. The second-order valence-electron chi connectivity index (χ2n) is 26.9. The number of hydrogen-bond acceptors (Lipinski definition) is 15. The maximum absolute atomic E-state index is 13.1. The van der Waals surface area contributed by atoms with E-state index in [1.165, 1.54) is 19.3 Å². The van der Waals surface area contributed by atoms with Gasteiger partial charge in [-0.25, -0.2) is 9.13 Å². The van der Waals surface area contributed by atoms with Crippen molar-refractivity contribution in [2.75, 3.05) is 39.6 Å². The van der Waals surface area contributed by atoms with Gasteiger partial charge in [-0.05, 0) is 173 Å². The number of hydrogen-bond donors (Lipinski definition) is 3. The van der Waals surface area contributed by atoms with Gasteiger partial charge >= 0.3 is 39.5 Å². The highest BCUT2D eigenvalue weighted by Crippen LogP contribution is 2.45. The molecule has 108 heavy (non-hydrogen) atoms. The average molecular weight is 1550 g/mol. The zero-order chi connectivity index (χ0) is 78.9. The van der Waals surface area contributed by atoms with Crippen LogP contribution in [0, 0.1) is 0 Å². The van der Waals surface area contributed by atoms with E-state index < -0.39 is 97.5 Å². The molecule has 17 nitrogen and oxygen atoms in total. The summed E-state index contributed by atoms with van der Waals surface area (Å²) in [5, 5.41) is 10.7. The van der Waals surface area contributed by atoms with E-state index in [0.29, 0.717) is 25.7 Å². The Balaban J connectivity index is 5.44. The highest BCUT2D eigenvalue weighted by Gasteiger charge is 2.30. The van der Waals surface area contributed by atoms with Crippen molar-refractivity contribution in [3.05, 3.63) is 170 Å². The summed E-state index contributed by atoms with van der Waals surface area (Å²) >= 11 is 0. The van der Waals surface area contributed by atoms with Crippen LogP contribution in [0.15, 0.2) is 170 Å². The lowest BCUT2D eigenvalue weighted by atomic mass is 10.1. The largest absolute Gasteiger partial charge is 0.472 e. The summed E-state index contributed by atoms with van der Waals surface area (Å²) in [5.41, 5.74) is 0. The van der Waals surface area contributed by atoms with E-state index in [2.05, 4.69) is 198 Å². The minimum absolute atomic E-state index is 0.0615. The summed E-state index contributed by atoms with van der Waals surface area (Å²) < 4.78 is 68.7. The van der Waals surface area contributed by atoms with Crippen LogP contribution in [-0.4, -0.2) is 96.7 Å². The van der Waals surface area contributed by atoms with Gasteiger partial charge in [0.2, 0.25) is 0 Å². The van der Waals surface area contributed by atoms with E-state index in [4.69, 9.17) is 37.0 Å². The molecule has 0 amide bonds. The standard InChI is InChI=1S/C89H146O17P2/c1-5-9-13-17-21-25-29-33-37-39-41-43-47-49-53-57-61-65-69-73-86(91)99-79-84(105-88(93)75-71-67-63-59-55-51-45-35-31-27-23-19-15-11-7-3)81-103-107(95,96)101-77-83(90)78-102-108(97,98)104-82-85(106-89(94)76-72-68-64-60-56-52-46-36-32-28-24-20-16-12-8-4)80-100-87(92)74-70-66-62-58-54-50-48-44-42-40-38-34-30-26-22-18-14-10-6-2/h9-11,13-15,21-28,33-38,41-46,49,53,83-85,90H,5-8,12,16-20,29-32,39-40,47-48,50-52,54-82H2,1-4H3,(H,95,96)(H,97,98)/b13-9-,14-10-,15-11-,25-21-,26-22-,27-23-,28-24-,37-33-,38-34-,43-41-,44-42-,45-35-,46-36-,53-49-. The Kier molecular flexibility index (Phi) is 75.4. The molecule has 0 aliphatic rings. The number of carbonyl (C=O) groups excluding carboxylic acids is 4. The summed E-state index contributed by atoms with van der Waals surface area (Å²) in [6.45, 7) is 4.42. The number of aliphatic hydroxyl groups is 1. The summed E-state index contributed by atoms with van der Waals surface area (Å²) in [6, 6.07) is 0. The number of rotatable bonds is 76. The zero-order valence-corrected chi connectivity index (χ0v) is 69.0. The first-order chi connectivity index (χ1) is 52.7. The smallest absolute Gasteiger partial charge is 0.462 e. The lowest BCUT2D eigenvalue weighted by Crippen LogP contribution is -2.30. The molecule has 5 atom stereocenters. The number of unbranched alkanes of at least 4 members (excludes halogenated alkanes) is 22. The van der Waals surface area contributed by atoms with Crippen molar-refractivity contribution in [1.29, 1.82) is 0 Å². The topological polar surface area (TPSA) is 237 Å². The molecule has 0 saturated carbocycles. The van der Waals surface area contributed by atoms with Crippen molar-refractivity contribution in [2.45, 2.75) is 329 Å². The van der Waals surface area contributed by atoms with E-state index in [1.807, 2.05) is 0 Å². The molecule has 614 valence electrons. The predicted molar refractivity (Wildman–Crippen MR) is 445 cm³/mol. The second kappa shape index (κ2) is 79.5. The van der Waals surface area contributed by atoms with Crippen molar-refractivity contribution in [3.63, 3.8) is 0 Å². The number of aliphatic hydroxyl groups excluding tert-OH is 1. The Labute approximate surface area is 654 Å². The highest BCUT2D eigenvalue weighted by atomic mass is 31.2. The summed E-state index contributed by atoms with van der Waals surface area (Å²) in [6.07, 6.45) is 94.6. The molecule has 0 bridgehead atoms. The maximum Gasteiger partial charge on any atom is 0.472 e. The third-order valence-corrected chi connectivity index (χ3v) is 18.6. The lowest BCUT2D eigenvalue weighted by Gasteiger charge is -2.21. The normalized spacial score (nSPS) is 14.7. The molecule has 0 saturated heterocycles. The van der Waals surface area contributed by atoms with Crippen LogP contribution in [0.5, 0.6) is 0 Å². The van der Waals surface area contributed by atoms with Gasteiger partial charge in [0.25, 0.3) is 0 Å². The average Bonchev–Trinajstić information content (AvgIpc) is 0.923. The summed E-state index contributed by atoms with van der Waals surface area (Å²) in [5.74, 6) is -2.27. The Morgan fingerprint density at radius 2 is 0.481 bits per heavy atom. The van der Waals surface area contributed by atoms with Gasteiger partial charge in [0.05, 0.1) is 26.4 Å². The molecule has 0 aromatic carbocycles. The van der Waals surface area contributed by atoms with E-state index in [9.17, 15) is 43.2 Å². The first-order valence-electron chi connectivity index (χ1n) is 41.4. The Morgan fingerprint density at radius 1 is 0.269 bits per heavy atom. The fourth-order valence-corrected chi connectivity index (χ4v) is 12.0. The first kappa shape index (κ1) is 102. The molecule has 5 unspecified atom stereocenters. The molecule has 0 aromatic heterocycles. The fraction of sp³-hybridized carbons (Fsp3) is 0.640. The van der Waals surface area contributed by atoms with Gasteiger partial charge in [0.15, 0.2) is 12.2 Å². The molecule has 3 N–H and O–H groups in total. The van der Waals surface area contributed by atoms with Crippen LogP contribution < -0.4 is 0 Å². The van der Waals surface area contributed by atoms with Crippen molar-refractivity contribution in [3.8, 4) is 0 Å². The van der Waals surface area contributed by atoms with Crippen LogP contribution in [0.1, 0.15) is 310 Å². The van der Waals surface area contributed by atoms with E-state index in [-0.39, 0.29) is 25.7 Å². The first-order valence-corrected chi connectivity index (χ1v) is 44.4. The van der Waals surface area contributed by atoms with Gasteiger partial charge in [0.1, 0.15) is 19.3 Å². The van der Waals surface area contributed by atoms with Crippen molar-refractivity contribution < 1.29 is 80.2 Å². The quantitative estimate of drug-likeness (QED) is 0.0169. The molecule has 0 aliphatic heterocycles. The van der Waals surface area contributed by atoms with E-state index >= 15 is 0 Å². The molecule has 0 rings (SSSR count). The Morgan fingerprint density at radius 3 is 0.750 bits per heavy atom. The minimum atomic E-state index is -5.00. The van der Waals surface area contributed by atoms with Crippen LogP contribution in [0.2, 0.25) is 0 Å². The van der Waals surface area contributed by atoms with Crippen LogP contribution in [0.25, 0.3) is 0 Å². The van der Waals surface area contributed by atoms with Gasteiger partial charge < -0.3 is 33.8 Å². The molecule has 0 aromatic rings. The molecule has 19 heteroatoms. The molecule has 0 aliphatic carbocycles. The molecule has 0 radical (unpaired) electrons. The molecule has 0 spiro atoms. The number of phosphoric acid groups is 2. The second-order valence-corrected chi connectivity index (χ2v) is 29.8. The molecule has 0 fully saturated rings. The van der Waals surface area contributed by atoms with Gasteiger partial charge in [-0.3, -0.25) is 37.3 Å². The maximum atomic E-state index is 13.1. The minimum Gasteiger partial charge on any atom is -0.462 e. The van der Waals surface area contributed by atoms with Gasteiger partial charge in [-0.2, -0.15) is 0 Å². The number of carbonyl (C=O) groups is 4. The number of ether oxygens (including phenoxy) is 4. The monoisotopic (exact) mass is 1550 g/mol. The number of allylic oxidation sites excluding steroid dienone is 28. The Hall–Kier alpha value is -5.58. The zero-order valence-electron chi connectivity index (χ0n) is 67.2. The van der Waals surface area contributed by atoms with Gasteiger partial charge in [0, 0.05) is 25.7 Å². The fourth-order valence-electron chi connectivity index (χ4n) is 10.5. The van der Waals surface area contributed by atoms with E-state index in [1.54, 1.807) is 0 Å². The lowest BCUT2D eigenvalue weighted by molar-refractivity contribution is -0.161. The number of esters is 4. The van der Waals surface area contributed by atoms with E-state index in [0.717, 1.165) is 212 Å². The summed E-state index contributed by atoms with van der Waals surface area (Å²) in [4.78, 5) is 73.2. The number of phosphoric ester groups is 2. The van der Waals surface area contributed by atoms with Crippen LogP contribution in [0.3, 0.4) is 0 Å². The SMILES string of the molecule is CC/C=C\C/C=C\C/C=C\C/C=C\C/C=C\CCCCCC(=O)OCC(COP(=O)(O)OCC(O)COP(=O)(O)OCC(COC(=O)CCCCCCCC/C=C\C/C=C\C/C=C\C/C=C\CC)OC(=O)CCCCCCC/C=C\C/C=C\CCCCC)OC(=O)CCCCCCC/C=C\C/C=C\C/C=C\CC. The summed E-state index contributed by atoms with van der Waals surface area (Å²) in [7, 11) is -10.00. The van der Waals surface area contributed by atoms with Crippen molar-refractivity contribution in [1.82, 2.24) is 0 Å². The van der Waals surface area contributed by atoms with Crippen LogP contribution in [0.4, 0.5) is 0 Å².